The number of aliphatic imine (C=N–C) groups is 2. The minimum absolute atomic E-state index is 0.216. The van der Waals surface area contributed by atoms with Gasteiger partial charge in [0.2, 0.25) is 5.66 Å². The topological polar surface area (TPSA) is 106 Å². The lowest BCUT2D eigenvalue weighted by Crippen LogP contribution is -2.22. The first-order valence-electron chi connectivity index (χ1n) is 14.4. The molecular weight excluding hydrogens is 512 g/mol. The SMILES string of the molecule is Oc1cccc(/C=N/C2(/N=C/c3cccc(O)c3O)c3ccc4c(c3-c3c2ccc2c3CCCC2)CCCC4)c1O. The number of hydrogen-bond donors (Lipinski definition) is 4. The number of fused-ring (bicyclic) bond motifs is 7. The highest BCUT2D eigenvalue weighted by Gasteiger charge is 2.46. The quantitative estimate of drug-likeness (QED) is 0.170. The second-order valence-corrected chi connectivity index (χ2v) is 11.3. The van der Waals surface area contributed by atoms with E-state index >= 15 is 0 Å². The highest BCUT2D eigenvalue weighted by molar-refractivity contribution is 5.92. The third-order valence-corrected chi connectivity index (χ3v) is 8.94. The molecular formula is C35H32N2O4. The standard InChI is InChI=1S/C35H32N2O4/c38-29-13-5-9-23(33(29)40)19-36-35(37-20-24-10-6-14-30(39)34(24)41)27-17-15-21-7-1-3-11-25(21)31(27)32-26-12-4-2-8-22(26)16-18-28(32)35/h5-6,9-10,13-20,38-41H,1-4,7-8,11-12H2/b36-19+,37-20+. The molecule has 4 aromatic carbocycles. The van der Waals surface area contributed by atoms with Crippen LogP contribution in [0, 0.1) is 0 Å². The molecule has 0 aliphatic heterocycles. The summed E-state index contributed by atoms with van der Waals surface area (Å²) in [7, 11) is 0. The number of phenols is 4. The highest BCUT2D eigenvalue weighted by Crippen LogP contribution is 2.56. The number of para-hydroxylation sites is 2. The molecule has 41 heavy (non-hydrogen) atoms. The van der Waals surface area contributed by atoms with E-state index in [1.54, 1.807) is 36.7 Å². The Hall–Kier alpha value is -4.58. The maximum absolute atomic E-state index is 10.6. The number of benzene rings is 4. The van der Waals surface area contributed by atoms with Gasteiger partial charge in [-0.2, -0.15) is 0 Å². The van der Waals surface area contributed by atoms with Gasteiger partial charge in [-0.05, 0) is 109 Å². The number of rotatable bonds is 4. The number of phenolic OH excluding ortho intramolecular Hbond substituents is 4. The van der Waals surface area contributed by atoms with E-state index in [2.05, 4.69) is 24.3 Å². The predicted molar refractivity (Wildman–Crippen MR) is 161 cm³/mol. The predicted octanol–water partition coefficient (Wildman–Crippen LogP) is 6.69. The van der Waals surface area contributed by atoms with E-state index in [0.717, 1.165) is 49.7 Å². The molecule has 206 valence electrons. The van der Waals surface area contributed by atoms with Crippen LogP contribution in [-0.2, 0) is 31.3 Å². The number of aryl methyl sites for hydroxylation is 2. The van der Waals surface area contributed by atoms with Gasteiger partial charge in [0.25, 0.3) is 0 Å². The van der Waals surface area contributed by atoms with E-state index in [0.29, 0.717) is 11.1 Å². The van der Waals surface area contributed by atoms with Crippen LogP contribution in [0.3, 0.4) is 0 Å². The second-order valence-electron chi connectivity index (χ2n) is 11.3. The second kappa shape index (κ2) is 9.81. The fraction of sp³-hybridized carbons (Fsp3) is 0.257. The van der Waals surface area contributed by atoms with Crippen molar-refractivity contribution in [3.05, 3.63) is 105 Å². The van der Waals surface area contributed by atoms with Crippen LogP contribution in [0.5, 0.6) is 23.0 Å². The fourth-order valence-corrected chi connectivity index (χ4v) is 6.90. The summed E-state index contributed by atoms with van der Waals surface area (Å²) in [6.45, 7) is 0. The Kier molecular flexibility index (Phi) is 6.07. The maximum atomic E-state index is 10.6. The van der Waals surface area contributed by atoms with Crippen molar-refractivity contribution in [2.45, 2.75) is 57.0 Å². The molecule has 0 fully saturated rings. The molecule has 0 bridgehead atoms. The molecule has 3 aliphatic rings. The van der Waals surface area contributed by atoms with Crippen LogP contribution in [0.1, 0.15) is 70.2 Å². The molecule has 6 nitrogen and oxygen atoms in total. The zero-order chi connectivity index (χ0) is 28.1. The smallest absolute Gasteiger partial charge is 0.202 e. The van der Waals surface area contributed by atoms with Gasteiger partial charge in [0.1, 0.15) is 0 Å². The van der Waals surface area contributed by atoms with Crippen LogP contribution < -0.4 is 0 Å². The summed E-state index contributed by atoms with van der Waals surface area (Å²) in [5, 5.41) is 41.5. The Morgan fingerprint density at radius 1 is 0.537 bits per heavy atom. The largest absolute Gasteiger partial charge is 0.504 e. The van der Waals surface area contributed by atoms with Crippen molar-refractivity contribution in [2.75, 3.05) is 0 Å². The summed E-state index contributed by atoms with van der Waals surface area (Å²) in [6, 6.07) is 18.3. The third kappa shape index (κ3) is 4.00. The lowest BCUT2D eigenvalue weighted by atomic mass is 9.81. The van der Waals surface area contributed by atoms with Crippen molar-refractivity contribution in [1.82, 2.24) is 0 Å². The molecule has 0 amide bonds. The van der Waals surface area contributed by atoms with Gasteiger partial charge in [-0.25, -0.2) is 0 Å². The van der Waals surface area contributed by atoms with Gasteiger partial charge < -0.3 is 20.4 Å². The molecule has 3 aliphatic carbocycles. The molecule has 0 saturated carbocycles. The van der Waals surface area contributed by atoms with Crippen LogP contribution in [0.2, 0.25) is 0 Å². The average molecular weight is 545 g/mol. The first-order chi connectivity index (χ1) is 20.0. The Balaban J connectivity index is 1.54. The van der Waals surface area contributed by atoms with E-state index < -0.39 is 5.66 Å². The summed E-state index contributed by atoms with van der Waals surface area (Å²) in [6.07, 6.45) is 11.9. The third-order valence-electron chi connectivity index (χ3n) is 8.94. The summed E-state index contributed by atoms with van der Waals surface area (Å²) >= 11 is 0. The summed E-state index contributed by atoms with van der Waals surface area (Å²) in [5.41, 5.74) is 9.48. The van der Waals surface area contributed by atoms with E-state index in [4.69, 9.17) is 9.98 Å². The molecule has 0 atom stereocenters. The first kappa shape index (κ1) is 25.4. The Morgan fingerprint density at radius 3 is 1.44 bits per heavy atom. The van der Waals surface area contributed by atoms with Crippen LogP contribution in [0.25, 0.3) is 11.1 Å². The summed E-state index contributed by atoms with van der Waals surface area (Å²) < 4.78 is 0. The minimum atomic E-state index is -1.20. The lowest BCUT2D eigenvalue weighted by molar-refractivity contribution is 0.403. The number of hydrogen-bond acceptors (Lipinski definition) is 6. The molecule has 0 spiro atoms. The van der Waals surface area contributed by atoms with E-state index in [-0.39, 0.29) is 23.0 Å². The van der Waals surface area contributed by atoms with Gasteiger partial charge in [-0.3, -0.25) is 9.98 Å². The molecule has 0 aromatic heterocycles. The van der Waals surface area contributed by atoms with Gasteiger partial charge in [0.05, 0.1) is 0 Å². The van der Waals surface area contributed by atoms with Gasteiger partial charge in [0.15, 0.2) is 23.0 Å². The van der Waals surface area contributed by atoms with Crippen molar-refractivity contribution in [2.24, 2.45) is 9.98 Å². The zero-order valence-electron chi connectivity index (χ0n) is 22.8. The van der Waals surface area contributed by atoms with E-state index in [1.807, 2.05) is 0 Å². The van der Waals surface area contributed by atoms with Gasteiger partial charge in [-0.1, -0.05) is 36.4 Å². The molecule has 4 N–H and O–H groups in total. The normalized spacial score (nSPS) is 16.9. The van der Waals surface area contributed by atoms with Crippen LogP contribution in [0.4, 0.5) is 0 Å². The van der Waals surface area contributed by atoms with E-state index in [1.165, 1.54) is 58.4 Å². The first-order valence-corrected chi connectivity index (χ1v) is 14.4. The minimum Gasteiger partial charge on any atom is -0.504 e. The highest BCUT2D eigenvalue weighted by atomic mass is 16.3. The molecule has 6 heteroatoms. The fourth-order valence-electron chi connectivity index (χ4n) is 6.90. The lowest BCUT2D eigenvalue weighted by Gasteiger charge is -2.25. The number of nitrogens with zero attached hydrogens (tertiary/aromatic N) is 2. The van der Waals surface area contributed by atoms with Crippen LogP contribution >= 0.6 is 0 Å². The van der Waals surface area contributed by atoms with E-state index in [9.17, 15) is 20.4 Å². The van der Waals surface area contributed by atoms with Crippen molar-refractivity contribution < 1.29 is 20.4 Å². The van der Waals surface area contributed by atoms with Gasteiger partial charge >= 0.3 is 0 Å². The monoisotopic (exact) mass is 544 g/mol. The van der Waals surface area contributed by atoms with Crippen LogP contribution in [0.15, 0.2) is 70.6 Å². The molecule has 4 aromatic rings. The van der Waals surface area contributed by atoms with Crippen molar-refractivity contribution >= 4 is 12.4 Å². The summed E-state index contributed by atoms with van der Waals surface area (Å²) in [5.74, 6) is -0.913. The Labute approximate surface area is 239 Å². The van der Waals surface area contributed by atoms with Crippen molar-refractivity contribution in [3.63, 3.8) is 0 Å². The molecule has 0 saturated heterocycles. The maximum Gasteiger partial charge on any atom is 0.202 e. The zero-order valence-corrected chi connectivity index (χ0v) is 22.8. The average Bonchev–Trinajstić information content (AvgIpc) is 3.29. The molecule has 0 radical (unpaired) electrons. The van der Waals surface area contributed by atoms with Gasteiger partial charge in [-0.15, -0.1) is 0 Å². The molecule has 0 heterocycles. The van der Waals surface area contributed by atoms with Crippen LogP contribution in [-0.4, -0.2) is 32.9 Å². The molecule has 0 unspecified atom stereocenters. The number of aromatic hydroxyl groups is 4. The summed E-state index contributed by atoms with van der Waals surface area (Å²) in [4.78, 5) is 10.3. The molecule has 7 rings (SSSR count). The Bertz CT molecular complexity index is 1630. The van der Waals surface area contributed by atoms with Crippen molar-refractivity contribution in [1.29, 1.82) is 0 Å². The Morgan fingerprint density at radius 2 is 0.976 bits per heavy atom. The van der Waals surface area contributed by atoms with Gasteiger partial charge in [0, 0.05) is 34.7 Å². The van der Waals surface area contributed by atoms with Crippen molar-refractivity contribution in [3.8, 4) is 34.1 Å².